The molecule has 12 heteroatoms. The monoisotopic (exact) mass is 445 g/mol. The fourth-order valence-electron chi connectivity index (χ4n) is 2.82. The molecule has 3 rings (SSSR count). The summed E-state index contributed by atoms with van der Waals surface area (Å²) in [7, 11) is 0. The van der Waals surface area contributed by atoms with Crippen molar-refractivity contribution in [2.45, 2.75) is 6.18 Å². The van der Waals surface area contributed by atoms with Gasteiger partial charge in [-0.25, -0.2) is 14.2 Å². The van der Waals surface area contributed by atoms with E-state index in [-0.39, 0.29) is 15.6 Å². The number of halogens is 5. The minimum absolute atomic E-state index is 0.129. The van der Waals surface area contributed by atoms with Crippen molar-refractivity contribution in [3.05, 3.63) is 47.4 Å². The van der Waals surface area contributed by atoms with Crippen LogP contribution in [-0.2, 0) is 4.79 Å². The van der Waals surface area contributed by atoms with Crippen molar-refractivity contribution in [3.8, 4) is 0 Å². The summed E-state index contributed by atoms with van der Waals surface area (Å²) in [5, 5.41) is 5.64. The number of piperazine rings is 1. The van der Waals surface area contributed by atoms with E-state index in [2.05, 4.69) is 15.6 Å². The Labute approximate surface area is 173 Å². The van der Waals surface area contributed by atoms with Crippen molar-refractivity contribution < 1.29 is 27.2 Å². The Balaban J connectivity index is 2.04. The Kier molecular flexibility index (Phi) is 6.42. The molecule has 0 saturated carbocycles. The van der Waals surface area contributed by atoms with Gasteiger partial charge in [-0.1, -0.05) is 11.6 Å². The van der Waals surface area contributed by atoms with E-state index in [1.807, 2.05) is 0 Å². The number of hydrogen-bond donors (Lipinski definition) is 2. The van der Waals surface area contributed by atoms with E-state index in [1.165, 1.54) is 11.0 Å². The predicted octanol–water partition coefficient (Wildman–Crippen LogP) is 3.54. The summed E-state index contributed by atoms with van der Waals surface area (Å²) in [4.78, 5) is 30.1. The lowest BCUT2D eigenvalue weighted by Gasteiger charge is -2.29. The number of aromatic nitrogens is 1. The molecule has 2 heterocycles. The molecule has 1 aromatic carbocycles. The van der Waals surface area contributed by atoms with Crippen LogP contribution < -0.4 is 15.5 Å². The third-order valence-corrected chi connectivity index (χ3v) is 4.46. The van der Waals surface area contributed by atoms with Gasteiger partial charge in [-0.15, -0.1) is 0 Å². The number of anilines is 3. The summed E-state index contributed by atoms with van der Waals surface area (Å²) in [5.41, 5.74) is -0.704. The second kappa shape index (κ2) is 8.84. The second-order valence-corrected chi connectivity index (χ2v) is 6.74. The lowest BCUT2D eigenvalue weighted by Crippen LogP contribution is -2.48. The van der Waals surface area contributed by atoms with Crippen LogP contribution in [0.25, 0.3) is 0 Å². The highest BCUT2D eigenvalue weighted by molar-refractivity contribution is 6.30. The summed E-state index contributed by atoms with van der Waals surface area (Å²) >= 11 is 5.73. The van der Waals surface area contributed by atoms with E-state index in [0.29, 0.717) is 32.2 Å². The van der Waals surface area contributed by atoms with Crippen molar-refractivity contribution in [2.24, 2.45) is 0 Å². The number of nitrogens with zero attached hydrogens (tertiary/aromatic N) is 3. The largest absolute Gasteiger partial charge is 0.472 e. The zero-order chi connectivity index (χ0) is 21.9. The van der Waals surface area contributed by atoms with Gasteiger partial charge in [-0.3, -0.25) is 9.69 Å². The van der Waals surface area contributed by atoms with E-state index in [9.17, 15) is 27.2 Å². The third-order valence-electron chi connectivity index (χ3n) is 4.23. The smallest absolute Gasteiger partial charge is 0.322 e. The molecular formula is C18H16ClF4N5O2. The summed E-state index contributed by atoms with van der Waals surface area (Å²) < 4.78 is 53.8. The number of carbonyl (C=O) groups excluding carboxylic acids is 2. The molecule has 0 bridgehead atoms. The minimum atomic E-state index is -5.28. The summed E-state index contributed by atoms with van der Waals surface area (Å²) in [5.74, 6) is -3.65. The van der Waals surface area contributed by atoms with Crippen LogP contribution in [-0.4, -0.2) is 54.2 Å². The van der Waals surface area contributed by atoms with Crippen molar-refractivity contribution in [1.82, 2.24) is 15.2 Å². The SMILES string of the molecule is O=C(Nc1ccc(F)cc1N(C(=O)C(F)(F)F)c1ccc(Cl)cn1)N1CCNCC1. The zero-order valence-corrected chi connectivity index (χ0v) is 16.1. The van der Waals surface area contributed by atoms with Crippen LogP contribution in [0.2, 0.25) is 5.02 Å². The molecule has 0 atom stereocenters. The van der Waals surface area contributed by atoms with Crippen LogP contribution in [0.1, 0.15) is 0 Å². The first kappa shape index (κ1) is 21.8. The summed E-state index contributed by atoms with van der Waals surface area (Å²) in [6, 6.07) is 4.48. The van der Waals surface area contributed by atoms with Gasteiger partial charge in [0.2, 0.25) is 0 Å². The Morgan fingerprint density at radius 1 is 1.17 bits per heavy atom. The molecule has 7 nitrogen and oxygen atoms in total. The zero-order valence-electron chi connectivity index (χ0n) is 15.3. The number of urea groups is 1. The molecule has 2 aromatic rings. The maximum atomic E-state index is 13.9. The molecule has 0 aliphatic carbocycles. The number of nitrogens with one attached hydrogen (secondary N) is 2. The van der Waals surface area contributed by atoms with Gasteiger partial charge in [-0.2, -0.15) is 13.2 Å². The van der Waals surface area contributed by atoms with Gasteiger partial charge in [0.05, 0.1) is 16.4 Å². The molecular weight excluding hydrogens is 430 g/mol. The molecule has 2 N–H and O–H groups in total. The number of benzene rings is 1. The minimum Gasteiger partial charge on any atom is -0.322 e. The number of carbonyl (C=O) groups is 2. The van der Waals surface area contributed by atoms with E-state index < -0.39 is 35.4 Å². The molecule has 0 spiro atoms. The second-order valence-electron chi connectivity index (χ2n) is 6.30. The number of alkyl halides is 3. The van der Waals surface area contributed by atoms with Crippen LogP contribution in [0, 0.1) is 5.82 Å². The van der Waals surface area contributed by atoms with Crippen molar-refractivity contribution in [2.75, 3.05) is 36.4 Å². The lowest BCUT2D eigenvalue weighted by atomic mass is 10.2. The van der Waals surface area contributed by atoms with Gasteiger partial charge in [0.15, 0.2) is 0 Å². The van der Waals surface area contributed by atoms with Gasteiger partial charge >= 0.3 is 18.1 Å². The fourth-order valence-corrected chi connectivity index (χ4v) is 2.93. The number of hydrogen-bond acceptors (Lipinski definition) is 4. The van der Waals surface area contributed by atoms with E-state index >= 15 is 0 Å². The van der Waals surface area contributed by atoms with Crippen LogP contribution in [0.15, 0.2) is 36.5 Å². The number of pyridine rings is 1. The van der Waals surface area contributed by atoms with Crippen LogP contribution >= 0.6 is 11.6 Å². The highest BCUT2D eigenvalue weighted by Gasteiger charge is 2.45. The van der Waals surface area contributed by atoms with E-state index in [4.69, 9.17) is 11.6 Å². The molecule has 0 radical (unpaired) electrons. The highest BCUT2D eigenvalue weighted by atomic mass is 35.5. The first-order chi connectivity index (χ1) is 14.2. The highest BCUT2D eigenvalue weighted by Crippen LogP contribution is 2.36. The third kappa shape index (κ3) is 4.97. The van der Waals surface area contributed by atoms with Gasteiger partial charge < -0.3 is 15.5 Å². The lowest BCUT2D eigenvalue weighted by molar-refractivity contribution is -0.169. The fraction of sp³-hybridized carbons (Fsp3) is 0.278. The first-order valence-electron chi connectivity index (χ1n) is 8.76. The quantitative estimate of drug-likeness (QED) is 0.708. The van der Waals surface area contributed by atoms with Gasteiger partial charge in [0.1, 0.15) is 11.6 Å². The molecule has 1 aliphatic rings. The molecule has 30 heavy (non-hydrogen) atoms. The Morgan fingerprint density at radius 2 is 1.87 bits per heavy atom. The van der Waals surface area contributed by atoms with Crippen molar-refractivity contribution in [1.29, 1.82) is 0 Å². The molecule has 0 unspecified atom stereocenters. The van der Waals surface area contributed by atoms with Gasteiger partial charge in [0.25, 0.3) is 0 Å². The summed E-state index contributed by atoms with van der Waals surface area (Å²) in [6.45, 7) is 1.87. The van der Waals surface area contributed by atoms with Crippen LogP contribution in [0.5, 0.6) is 0 Å². The van der Waals surface area contributed by atoms with Crippen molar-refractivity contribution in [3.63, 3.8) is 0 Å². The van der Waals surface area contributed by atoms with Crippen molar-refractivity contribution >= 4 is 40.7 Å². The molecule has 1 aromatic heterocycles. The van der Waals surface area contributed by atoms with Gasteiger partial charge in [0, 0.05) is 38.4 Å². The Hall–Kier alpha value is -2.92. The molecule has 3 amide bonds. The normalized spacial score (nSPS) is 14.4. The molecule has 1 aliphatic heterocycles. The standard InChI is InChI=1S/C18H16ClF4N5O2/c19-11-1-4-15(25-10-11)28(16(29)18(21,22)23)14-9-12(20)2-3-13(14)26-17(30)27-7-5-24-6-8-27/h1-4,9-10,24H,5-8H2,(H,26,30). The number of rotatable bonds is 3. The predicted molar refractivity (Wildman–Crippen MR) is 102 cm³/mol. The van der Waals surface area contributed by atoms with E-state index in [1.54, 1.807) is 0 Å². The van der Waals surface area contributed by atoms with Crippen LogP contribution in [0.3, 0.4) is 0 Å². The summed E-state index contributed by atoms with van der Waals surface area (Å²) in [6.07, 6.45) is -4.24. The molecule has 1 saturated heterocycles. The maximum absolute atomic E-state index is 13.9. The topological polar surface area (TPSA) is 77.6 Å². The Bertz CT molecular complexity index is 933. The average Bonchev–Trinajstić information content (AvgIpc) is 2.71. The number of amides is 3. The molecule has 1 fully saturated rings. The Morgan fingerprint density at radius 3 is 2.47 bits per heavy atom. The average molecular weight is 446 g/mol. The van der Waals surface area contributed by atoms with Crippen LogP contribution in [0.4, 0.5) is 39.5 Å². The van der Waals surface area contributed by atoms with E-state index in [0.717, 1.165) is 24.4 Å². The first-order valence-corrected chi connectivity index (χ1v) is 9.13. The van der Waals surface area contributed by atoms with Gasteiger partial charge in [-0.05, 0) is 24.3 Å². The maximum Gasteiger partial charge on any atom is 0.472 e. The molecule has 160 valence electrons.